The van der Waals surface area contributed by atoms with Crippen LogP contribution < -0.4 is 4.74 Å². The van der Waals surface area contributed by atoms with Gasteiger partial charge in [0.15, 0.2) is 0 Å². The molecular weight excluding hydrogens is 336 g/mol. The lowest BCUT2D eigenvalue weighted by Gasteiger charge is -2.50. The van der Waals surface area contributed by atoms with Crippen LogP contribution in [0.4, 0.5) is 0 Å². The molecule has 3 aliphatic heterocycles. The van der Waals surface area contributed by atoms with Gasteiger partial charge in [0.25, 0.3) is 0 Å². The van der Waals surface area contributed by atoms with Gasteiger partial charge in [-0.15, -0.1) is 19.0 Å². The van der Waals surface area contributed by atoms with Crippen LogP contribution in [-0.2, 0) is 0 Å². The lowest BCUT2D eigenvalue weighted by molar-refractivity contribution is -0.0444. The number of pyridine rings is 1. The molecule has 0 aliphatic carbocycles. The Kier molecular flexibility index (Phi) is 5.32. The third-order valence-electron chi connectivity index (χ3n) is 5.82. The Hall–Kier alpha value is -1.62. The number of halogens is 1. The fraction of sp³-hybridized carbons (Fsp3) is 0.450. The summed E-state index contributed by atoms with van der Waals surface area (Å²) < 4.78 is 5.35. The number of hydrogen-bond acceptors (Lipinski definition) is 4. The van der Waals surface area contributed by atoms with Crippen molar-refractivity contribution in [2.75, 3.05) is 20.2 Å². The van der Waals surface area contributed by atoms with Crippen LogP contribution in [0.1, 0.15) is 24.5 Å². The molecule has 0 spiro atoms. The molecule has 1 aromatic carbocycles. The number of methoxy groups -OCH3 is 1. The van der Waals surface area contributed by atoms with E-state index in [1.165, 1.54) is 6.42 Å². The first-order valence-corrected chi connectivity index (χ1v) is 8.68. The number of nitrogens with zero attached hydrogens (tertiary/aromatic N) is 2. The number of aromatic nitrogens is 1. The van der Waals surface area contributed by atoms with Crippen molar-refractivity contribution in [3.8, 4) is 5.75 Å². The monoisotopic (exact) mass is 360 g/mol. The molecule has 25 heavy (non-hydrogen) atoms. The summed E-state index contributed by atoms with van der Waals surface area (Å²) in [5.41, 5.74) is 1.85. The van der Waals surface area contributed by atoms with Crippen LogP contribution in [0.25, 0.3) is 10.9 Å². The lowest BCUT2D eigenvalue weighted by Crippen LogP contribution is -2.54. The van der Waals surface area contributed by atoms with Crippen molar-refractivity contribution in [2.24, 2.45) is 11.8 Å². The highest BCUT2D eigenvalue weighted by Crippen LogP contribution is 2.42. The first-order valence-electron chi connectivity index (χ1n) is 8.68. The largest absolute Gasteiger partial charge is 0.497 e. The van der Waals surface area contributed by atoms with Crippen molar-refractivity contribution in [3.63, 3.8) is 0 Å². The number of benzene rings is 1. The topological polar surface area (TPSA) is 45.6 Å². The summed E-state index contributed by atoms with van der Waals surface area (Å²) in [6, 6.07) is 7.96. The minimum absolute atomic E-state index is 0. The van der Waals surface area contributed by atoms with Crippen molar-refractivity contribution < 1.29 is 9.84 Å². The van der Waals surface area contributed by atoms with Crippen molar-refractivity contribution in [2.45, 2.75) is 25.0 Å². The molecule has 1 N–H and O–H groups in total. The van der Waals surface area contributed by atoms with Gasteiger partial charge in [-0.05, 0) is 61.1 Å². The Balaban J connectivity index is 0.00000182. The highest BCUT2D eigenvalue weighted by Gasteiger charge is 2.42. The third kappa shape index (κ3) is 3.14. The van der Waals surface area contributed by atoms with E-state index in [0.717, 1.165) is 41.7 Å². The van der Waals surface area contributed by atoms with E-state index < -0.39 is 6.10 Å². The molecule has 0 radical (unpaired) electrons. The number of fused-ring (bicyclic) bond motifs is 4. The third-order valence-corrected chi connectivity index (χ3v) is 5.82. The number of rotatable bonds is 4. The normalized spacial score (nSPS) is 29.0. The van der Waals surface area contributed by atoms with Gasteiger partial charge in [-0.25, -0.2) is 0 Å². The van der Waals surface area contributed by atoms with E-state index in [2.05, 4.69) is 22.5 Å². The molecule has 3 fully saturated rings. The Labute approximate surface area is 154 Å². The van der Waals surface area contributed by atoms with Gasteiger partial charge in [-0.2, -0.15) is 0 Å². The molecule has 5 atom stereocenters. The molecule has 4 nitrogen and oxygen atoms in total. The van der Waals surface area contributed by atoms with Crippen molar-refractivity contribution in [1.82, 2.24) is 9.88 Å². The van der Waals surface area contributed by atoms with Gasteiger partial charge in [-0.1, -0.05) is 6.08 Å². The number of ether oxygens (including phenoxy) is 1. The van der Waals surface area contributed by atoms with E-state index in [9.17, 15) is 5.11 Å². The van der Waals surface area contributed by atoms with E-state index in [4.69, 9.17) is 4.74 Å². The van der Waals surface area contributed by atoms with Crippen LogP contribution in [0.5, 0.6) is 5.75 Å². The Morgan fingerprint density at radius 3 is 2.92 bits per heavy atom. The standard InChI is InChI=1S/C20H24N2O2.ClH/c1-3-13-12-22-9-7-14(13)10-19(22)20(23)16-6-8-21-18-5-4-15(24-2)11-17(16)18;/h3-6,8,11,13-14,19-20,23H,1,7,9-10,12H2,2H3;1H. The van der Waals surface area contributed by atoms with E-state index in [0.29, 0.717) is 11.8 Å². The summed E-state index contributed by atoms with van der Waals surface area (Å²) in [5, 5.41) is 12.1. The second-order valence-corrected chi connectivity index (χ2v) is 6.97. The quantitative estimate of drug-likeness (QED) is 0.846. The second-order valence-electron chi connectivity index (χ2n) is 6.97. The van der Waals surface area contributed by atoms with Crippen LogP contribution in [0, 0.1) is 11.8 Å². The maximum Gasteiger partial charge on any atom is 0.119 e. The minimum atomic E-state index is -0.504. The average molecular weight is 361 g/mol. The van der Waals surface area contributed by atoms with Gasteiger partial charge in [0, 0.05) is 24.2 Å². The van der Waals surface area contributed by atoms with E-state index >= 15 is 0 Å². The molecule has 134 valence electrons. The predicted molar refractivity (Wildman–Crippen MR) is 102 cm³/mol. The lowest BCUT2D eigenvalue weighted by atomic mass is 9.73. The van der Waals surface area contributed by atoms with Crippen LogP contribution in [0.15, 0.2) is 43.1 Å². The van der Waals surface area contributed by atoms with E-state index in [-0.39, 0.29) is 18.4 Å². The minimum Gasteiger partial charge on any atom is -0.497 e. The second kappa shape index (κ2) is 7.32. The molecule has 1 aromatic heterocycles. The first-order chi connectivity index (χ1) is 11.7. The molecule has 0 amide bonds. The van der Waals surface area contributed by atoms with Gasteiger partial charge >= 0.3 is 0 Å². The summed E-state index contributed by atoms with van der Waals surface area (Å²) in [6.07, 6.45) is 5.62. The van der Waals surface area contributed by atoms with Crippen molar-refractivity contribution in [3.05, 3.63) is 48.7 Å². The van der Waals surface area contributed by atoms with Gasteiger partial charge in [-0.3, -0.25) is 9.88 Å². The summed E-state index contributed by atoms with van der Waals surface area (Å²) in [4.78, 5) is 6.86. The van der Waals surface area contributed by atoms with Gasteiger partial charge in [0.05, 0.1) is 18.7 Å². The Bertz CT molecular complexity index is 766. The summed E-state index contributed by atoms with van der Waals surface area (Å²) >= 11 is 0. The van der Waals surface area contributed by atoms with Crippen molar-refractivity contribution in [1.29, 1.82) is 0 Å². The number of hydrogen-bond donors (Lipinski definition) is 1. The molecule has 3 saturated heterocycles. The molecule has 5 unspecified atom stereocenters. The van der Waals surface area contributed by atoms with E-state index in [1.807, 2.05) is 24.3 Å². The van der Waals surface area contributed by atoms with Crippen LogP contribution >= 0.6 is 12.4 Å². The zero-order valence-electron chi connectivity index (χ0n) is 14.5. The molecule has 2 aromatic rings. The van der Waals surface area contributed by atoms with Crippen LogP contribution in [0.2, 0.25) is 0 Å². The number of piperidine rings is 3. The Morgan fingerprint density at radius 1 is 1.40 bits per heavy atom. The van der Waals surface area contributed by atoms with Gasteiger partial charge in [0.2, 0.25) is 0 Å². The predicted octanol–water partition coefficient (Wildman–Crippen LogP) is 3.60. The fourth-order valence-corrected chi connectivity index (χ4v) is 4.44. The molecule has 0 saturated carbocycles. The molecule has 4 heterocycles. The average Bonchev–Trinajstić information content (AvgIpc) is 2.66. The molecule has 2 bridgehead atoms. The number of aliphatic hydroxyl groups excluding tert-OH is 1. The maximum atomic E-state index is 11.2. The maximum absolute atomic E-state index is 11.2. The van der Waals surface area contributed by atoms with Crippen LogP contribution in [0.3, 0.4) is 0 Å². The molecule has 5 rings (SSSR count). The summed E-state index contributed by atoms with van der Waals surface area (Å²) in [5.74, 6) is 2.01. The molecule has 5 heteroatoms. The highest BCUT2D eigenvalue weighted by atomic mass is 35.5. The Morgan fingerprint density at radius 2 is 2.24 bits per heavy atom. The highest BCUT2D eigenvalue weighted by molar-refractivity contribution is 5.85. The smallest absolute Gasteiger partial charge is 0.119 e. The van der Waals surface area contributed by atoms with Crippen molar-refractivity contribution >= 4 is 23.3 Å². The number of aliphatic hydroxyl groups is 1. The zero-order chi connectivity index (χ0) is 16.7. The zero-order valence-corrected chi connectivity index (χ0v) is 15.3. The summed E-state index contributed by atoms with van der Waals surface area (Å²) in [7, 11) is 1.66. The van der Waals surface area contributed by atoms with E-state index in [1.54, 1.807) is 13.3 Å². The van der Waals surface area contributed by atoms with Gasteiger partial charge < -0.3 is 9.84 Å². The molecule has 3 aliphatic rings. The first kappa shape index (κ1) is 18.2. The fourth-order valence-electron chi connectivity index (χ4n) is 4.44. The van der Waals surface area contributed by atoms with Crippen LogP contribution in [-0.4, -0.2) is 41.2 Å². The SMILES string of the molecule is C=CC1CN2CCC1CC2C(O)c1ccnc2ccc(OC)cc12.Cl. The van der Waals surface area contributed by atoms with Gasteiger partial charge in [0.1, 0.15) is 5.75 Å². The summed E-state index contributed by atoms with van der Waals surface area (Å²) in [6.45, 7) is 6.07. The molecular formula is C20H25ClN2O2.